The van der Waals surface area contributed by atoms with Gasteiger partial charge in [-0.1, -0.05) is 11.2 Å². The van der Waals surface area contributed by atoms with Crippen LogP contribution in [0.2, 0.25) is 0 Å². The summed E-state index contributed by atoms with van der Waals surface area (Å²) in [6.45, 7) is 0. The first-order valence-corrected chi connectivity index (χ1v) is 11.5. The fraction of sp³-hybridized carbons (Fsp3) is 0.211. The SMILES string of the molecule is COc1ncncc1/C=C\C1=C(C(=O)O)N2C(=O)[C@@H](NC(=O)/C(=N\O)c3csc(N)n3)[C@@H]2SC1. The van der Waals surface area contributed by atoms with Gasteiger partial charge in [-0.05, 0) is 11.6 Å². The lowest BCUT2D eigenvalue weighted by Gasteiger charge is -2.49. The van der Waals surface area contributed by atoms with Crippen LogP contribution in [-0.4, -0.2) is 77.9 Å². The molecule has 5 N–H and O–H groups in total. The Labute approximate surface area is 200 Å². The van der Waals surface area contributed by atoms with Crippen LogP contribution in [0.5, 0.6) is 5.88 Å². The highest BCUT2D eigenvalue weighted by Crippen LogP contribution is 2.41. The van der Waals surface area contributed by atoms with E-state index >= 15 is 0 Å². The number of rotatable bonds is 7. The number of nitrogens with two attached hydrogens (primary N) is 1. The Balaban J connectivity index is 1.54. The highest BCUT2D eigenvalue weighted by atomic mass is 32.2. The molecular formula is C19H17N7O6S2. The standard InChI is InChI=1S/C19H17N7O6S2/c1-32-15-8(4-21-7-22-15)2-3-9-5-33-17-12(16(28)26(17)13(9)18(29)30)24-14(27)11(25-31)10-6-34-19(20)23-10/h2-4,6-7,12,17,31H,5H2,1H3,(H2,20,23)(H,24,27)(H,29,30)/b3-2-,25-11-/t12-,17+/m1/s1. The first kappa shape index (κ1) is 23.2. The summed E-state index contributed by atoms with van der Waals surface area (Å²) in [5.41, 5.74) is 5.95. The summed E-state index contributed by atoms with van der Waals surface area (Å²) >= 11 is 2.33. The van der Waals surface area contributed by atoms with Crippen LogP contribution in [-0.2, 0) is 14.4 Å². The lowest BCUT2D eigenvalue weighted by Crippen LogP contribution is -2.71. The third-order valence-corrected chi connectivity index (χ3v) is 6.90. The number of nitrogens with zero attached hydrogens (tertiary/aromatic N) is 5. The summed E-state index contributed by atoms with van der Waals surface area (Å²) in [6, 6.07) is -1.01. The van der Waals surface area contributed by atoms with Gasteiger partial charge in [-0.25, -0.2) is 19.7 Å². The molecule has 1 saturated heterocycles. The van der Waals surface area contributed by atoms with Crippen molar-refractivity contribution in [2.45, 2.75) is 11.4 Å². The first-order chi connectivity index (χ1) is 16.3. The van der Waals surface area contributed by atoms with Crippen molar-refractivity contribution in [2.75, 3.05) is 18.6 Å². The number of carboxylic acid groups (broad SMARTS) is 1. The lowest BCUT2D eigenvalue weighted by molar-refractivity contribution is -0.150. The number of nitrogens with one attached hydrogen (secondary N) is 1. The molecule has 2 atom stereocenters. The maximum Gasteiger partial charge on any atom is 0.352 e. The molecule has 15 heteroatoms. The van der Waals surface area contributed by atoms with Gasteiger partial charge in [-0.3, -0.25) is 14.5 Å². The number of carbonyl (C=O) groups is 3. The van der Waals surface area contributed by atoms with Crippen molar-refractivity contribution in [3.63, 3.8) is 0 Å². The van der Waals surface area contributed by atoms with Crippen LogP contribution in [0.4, 0.5) is 5.13 Å². The summed E-state index contributed by atoms with van der Waals surface area (Å²) in [6.07, 6.45) is 6.00. The Bertz CT molecular complexity index is 1260. The van der Waals surface area contributed by atoms with Crippen LogP contribution >= 0.6 is 23.1 Å². The molecule has 0 aromatic carbocycles. The Morgan fingerprint density at radius 2 is 2.21 bits per heavy atom. The van der Waals surface area contributed by atoms with Gasteiger partial charge < -0.3 is 26.1 Å². The van der Waals surface area contributed by atoms with Crippen molar-refractivity contribution >= 4 is 57.8 Å². The molecular weight excluding hydrogens is 486 g/mol. The molecule has 2 aromatic rings. The van der Waals surface area contributed by atoms with E-state index < -0.39 is 34.9 Å². The monoisotopic (exact) mass is 503 g/mol. The highest BCUT2D eigenvalue weighted by molar-refractivity contribution is 8.00. The lowest BCUT2D eigenvalue weighted by atomic mass is 10.0. The van der Waals surface area contributed by atoms with Crippen LogP contribution in [0.3, 0.4) is 0 Å². The van der Waals surface area contributed by atoms with Crippen LogP contribution < -0.4 is 15.8 Å². The number of allylic oxidation sites excluding steroid dienone is 1. The van der Waals surface area contributed by atoms with Gasteiger partial charge >= 0.3 is 5.97 Å². The molecule has 34 heavy (non-hydrogen) atoms. The molecule has 2 aliphatic rings. The Kier molecular flexibility index (Phi) is 6.47. The number of carbonyl (C=O) groups excluding carboxylic acids is 2. The first-order valence-electron chi connectivity index (χ1n) is 9.53. The summed E-state index contributed by atoms with van der Waals surface area (Å²) in [5.74, 6) is -2.15. The molecule has 2 amide bonds. The largest absolute Gasteiger partial charge is 0.480 e. The van der Waals surface area contributed by atoms with E-state index in [1.807, 2.05) is 0 Å². The number of hydrogen-bond donors (Lipinski definition) is 4. The molecule has 4 rings (SSSR count). The van der Waals surface area contributed by atoms with Gasteiger partial charge in [0.05, 0.1) is 12.7 Å². The third-order valence-electron chi connectivity index (χ3n) is 4.93. The van der Waals surface area contributed by atoms with Crippen LogP contribution in [0.1, 0.15) is 11.3 Å². The Hall–Kier alpha value is -3.98. The second-order valence-corrected chi connectivity index (χ2v) is 8.87. The Morgan fingerprint density at radius 1 is 1.41 bits per heavy atom. The number of methoxy groups -OCH3 is 1. The quantitative estimate of drug-likeness (QED) is 0.174. The minimum absolute atomic E-state index is 0.0567. The molecule has 13 nitrogen and oxygen atoms in total. The fourth-order valence-electron chi connectivity index (χ4n) is 3.39. The van der Waals surface area contributed by atoms with E-state index in [1.165, 1.54) is 36.8 Å². The smallest absolute Gasteiger partial charge is 0.352 e. The van der Waals surface area contributed by atoms with Gasteiger partial charge in [0.15, 0.2) is 10.8 Å². The molecule has 0 radical (unpaired) electrons. The predicted octanol–water partition coefficient (Wildman–Crippen LogP) is 0.154. The number of thiazole rings is 1. The van der Waals surface area contributed by atoms with Gasteiger partial charge in [0.25, 0.3) is 11.8 Å². The zero-order chi connectivity index (χ0) is 24.4. The molecule has 0 bridgehead atoms. The van der Waals surface area contributed by atoms with E-state index in [0.29, 0.717) is 17.0 Å². The number of ether oxygens (including phenoxy) is 1. The molecule has 0 spiro atoms. The highest BCUT2D eigenvalue weighted by Gasteiger charge is 2.54. The minimum atomic E-state index is -1.28. The normalized spacial score (nSPS) is 20.2. The molecule has 1 fully saturated rings. The van der Waals surface area contributed by atoms with Crippen LogP contribution in [0, 0.1) is 0 Å². The van der Waals surface area contributed by atoms with Gasteiger partial charge in [0, 0.05) is 17.3 Å². The number of nitrogen functional groups attached to an aromatic ring is 1. The molecule has 176 valence electrons. The number of thioether (sulfide) groups is 1. The number of oxime groups is 1. The van der Waals surface area contributed by atoms with Crippen molar-refractivity contribution in [1.82, 2.24) is 25.2 Å². The van der Waals surface area contributed by atoms with Crippen molar-refractivity contribution in [1.29, 1.82) is 0 Å². The van der Waals surface area contributed by atoms with E-state index in [4.69, 9.17) is 10.5 Å². The van der Waals surface area contributed by atoms with E-state index in [2.05, 4.69) is 25.4 Å². The Morgan fingerprint density at radius 3 is 2.85 bits per heavy atom. The maximum atomic E-state index is 12.8. The van der Waals surface area contributed by atoms with E-state index in [1.54, 1.807) is 12.2 Å². The summed E-state index contributed by atoms with van der Waals surface area (Å²) in [5, 5.41) is 25.4. The number of hydrogen-bond acceptors (Lipinski definition) is 12. The molecule has 2 aromatic heterocycles. The van der Waals surface area contributed by atoms with E-state index in [9.17, 15) is 24.7 Å². The molecule has 0 unspecified atom stereocenters. The molecule has 2 aliphatic heterocycles. The number of aromatic nitrogens is 3. The van der Waals surface area contributed by atoms with Gasteiger partial charge in [0.2, 0.25) is 5.88 Å². The average Bonchev–Trinajstić information content (AvgIpc) is 3.26. The average molecular weight is 504 g/mol. The number of β-lactam (4-membered cyclic amide) rings is 1. The predicted molar refractivity (Wildman–Crippen MR) is 122 cm³/mol. The number of aliphatic carboxylic acids is 1. The summed E-state index contributed by atoms with van der Waals surface area (Å²) < 4.78 is 5.16. The van der Waals surface area contributed by atoms with Crippen molar-refractivity contribution in [3.8, 4) is 5.88 Å². The fourth-order valence-corrected chi connectivity index (χ4v) is 5.26. The molecule has 4 heterocycles. The number of fused-ring (bicyclic) bond motifs is 1. The van der Waals surface area contributed by atoms with Crippen molar-refractivity contribution in [2.24, 2.45) is 5.16 Å². The number of anilines is 1. The van der Waals surface area contributed by atoms with Crippen LogP contribution in [0.25, 0.3) is 6.08 Å². The van der Waals surface area contributed by atoms with E-state index in [-0.39, 0.29) is 22.3 Å². The second kappa shape index (κ2) is 9.48. The van der Waals surface area contributed by atoms with Crippen molar-refractivity contribution < 1.29 is 29.4 Å². The summed E-state index contributed by atoms with van der Waals surface area (Å²) in [4.78, 5) is 50.3. The summed E-state index contributed by atoms with van der Waals surface area (Å²) in [7, 11) is 1.45. The van der Waals surface area contributed by atoms with Crippen LogP contribution in [0.15, 0.2) is 40.4 Å². The van der Waals surface area contributed by atoms with Gasteiger partial charge in [0.1, 0.15) is 29.1 Å². The zero-order valence-electron chi connectivity index (χ0n) is 17.4. The maximum absolute atomic E-state index is 12.8. The number of carboxylic acids is 1. The van der Waals surface area contributed by atoms with Gasteiger partial charge in [-0.2, -0.15) is 0 Å². The molecule has 0 aliphatic carbocycles. The minimum Gasteiger partial charge on any atom is -0.480 e. The van der Waals surface area contributed by atoms with Gasteiger partial charge in [-0.15, -0.1) is 23.1 Å². The molecule has 0 saturated carbocycles. The number of amides is 2. The van der Waals surface area contributed by atoms with E-state index in [0.717, 1.165) is 16.2 Å². The van der Waals surface area contributed by atoms with Crippen molar-refractivity contribution in [3.05, 3.63) is 46.5 Å². The third kappa shape index (κ3) is 4.17. The zero-order valence-corrected chi connectivity index (χ0v) is 19.0. The topological polar surface area (TPSA) is 193 Å². The second-order valence-electron chi connectivity index (χ2n) is 6.88.